The fraction of sp³-hybridized carbons (Fsp3) is 0.500. The SMILES string of the molecule is CCOCCCN(C(=O)c1cccs1)[C@@H](C)C(=O)c1c(C)c(C(=O)OC)n(C)c1C. The van der Waals surface area contributed by atoms with Gasteiger partial charge in [0.15, 0.2) is 5.78 Å². The van der Waals surface area contributed by atoms with E-state index in [9.17, 15) is 14.4 Å². The number of Topliss-reactive ketones (excluding diaryl/α,β-unsaturated/α-hetero) is 1. The molecule has 2 heterocycles. The predicted octanol–water partition coefficient (Wildman–Crippen LogP) is 3.63. The van der Waals surface area contributed by atoms with Gasteiger partial charge in [-0.2, -0.15) is 0 Å². The summed E-state index contributed by atoms with van der Waals surface area (Å²) >= 11 is 1.35. The van der Waals surface area contributed by atoms with Gasteiger partial charge in [0.05, 0.1) is 18.0 Å². The molecule has 2 aromatic rings. The van der Waals surface area contributed by atoms with Crippen molar-refractivity contribution in [3.63, 3.8) is 0 Å². The molecule has 0 aliphatic rings. The number of nitrogens with zero attached hydrogens (tertiary/aromatic N) is 2. The Balaban J connectivity index is 2.37. The van der Waals surface area contributed by atoms with Crippen LogP contribution in [0.15, 0.2) is 17.5 Å². The first-order valence-electron chi connectivity index (χ1n) is 9.96. The van der Waals surface area contributed by atoms with Crippen molar-refractivity contribution in [2.75, 3.05) is 26.9 Å². The fourth-order valence-electron chi connectivity index (χ4n) is 3.57. The highest BCUT2D eigenvalue weighted by Crippen LogP contribution is 2.25. The Morgan fingerprint density at radius 2 is 1.97 bits per heavy atom. The third-order valence-electron chi connectivity index (χ3n) is 5.29. The summed E-state index contributed by atoms with van der Waals surface area (Å²) < 4.78 is 11.9. The minimum absolute atomic E-state index is 0.179. The van der Waals surface area contributed by atoms with Crippen LogP contribution in [0.2, 0.25) is 0 Å². The number of ketones is 1. The second-order valence-corrected chi connectivity index (χ2v) is 8.00. The van der Waals surface area contributed by atoms with E-state index in [1.54, 1.807) is 43.4 Å². The molecule has 0 unspecified atom stereocenters. The lowest BCUT2D eigenvalue weighted by Gasteiger charge is -2.28. The molecule has 0 saturated carbocycles. The zero-order valence-electron chi connectivity index (χ0n) is 18.5. The Bertz CT molecular complexity index is 901. The van der Waals surface area contributed by atoms with E-state index in [4.69, 9.17) is 9.47 Å². The molecule has 0 aromatic carbocycles. The topological polar surface area (TPSA) is 77.8 Å². The van der Waals surface area contributed by atoms with Crippen molar-refractivity contribution < 1.29 is 23.9 Å². The second-order valence-electron chi connectivity index (χ2n) is 7.05. The minimum Gasteiger partial charge on any atom is -0.464 e. The van der Waals surface area contributed by atoms with Gasteiger partial charge in [0.1, 0.15) is 5.69 Å². The van der Waals surface area contributed by atoms with Crippen LogP contribution in [0.5, 0.6) is 0 Å². The van der Waals surface area contributed by atoms with Crippen molar-refractivity contribution in [2.24, 2.45) is 7.05 Å². The molecule has 164 valence electrons. The zero-order chi connectivity index (χ0) is 22.4. The van der Waals surface area contributed by atoms with Gasteiger partial charge in [0.25, 0.3) is 5.91 Å². The van der Waals surface area contributed by atoms with Gasteiger partial charge in [-0.05, 0) is 51.1 Å². The monoisotopic (exact) mass is 434 g/mol. The summed E-state index contributed by atoms with van der Waals surface area (Å²) in [6.45, 7) is 8.70. The van der Waals surface area contributed by atoms with E-state index >= 15 is 0 Å². The van der Waals surface area contributed by atoms with Gasteiger partial charge >= 0.3 is 5.97 Å². The molecule has 1 amide bonds. The van der Waals surface area contributed by atoms with E-state index < -0.39 is 12.0 Å². The Hall–Kier alpha value is -2.45. The lowest BCUT2D eigenvalue weighted by Crippen LogP contribution is -2.44. The zero-order valence-corrected chi connectivity index (χ0v) is 19.3. The first-order chi connectivity index (χ1) is 14.3. The van der Waals surface area contributed by atoms with Gasteiger partial charge in [-0.15, -0.1) is 11.3 Å². The average molecular weight is 435 g/mol. The van der Waals surface area contributed by atoms with Gasteiger partial charge in [-0.3, -0.25) is 9.59 Å². The quantitative estimate of drug-likeness (QED) is 0.324. The molecule has 8 heteroatoms. The van der Waals surface area contributed by atoms with Crippen LogP contribution in [-0.2, 0) is 16.5 Å². The molecule has 0 aliphatic heterocycles. The number of amides is 1. The maximum absolute atomic E-state index is 13.5. The summed E-state index contributed by atoms with van der Waals surface area (Å²) in [6, 6.07) is 2.89. The summed E-state index contributed by atoms with van der Waals surface area (Å²) in [6.07, 6.45) is 0.628. The summed E-state index contributed by atoms with van der Waals surface area (Å²) in [5, 5.41) is 1.84. The van der Waals surface area contributed by atoms with E-state index in [0.29, 0.717) is 53.6 Å². The summed E-state index contributed by atoms with van der Waals surface area (Å²) in [7, 11) is 3.04. The molecule has 1 atom stereocenters. The number of carbonyl (C=O) groups excluding carboxylic acids is 3. The summed E-state index contributed by atoms with van der Waals surface area (Å²) in [5.74, 6) is -0.869. The van der Waals surface area contributed by atoms with Crippen LogP contribution in [0.1, 0.15) is 62.0 Å². The molecule has 7 nitrogen and oxygen atoms in total. The van der Waals surface area contributed by atoms with Crippen LogP contribution < -0.4 is 0 Å². The maximum Gasteiger partial charge on any atom is 0.354 e. The van der Waals surface area contributed by atoms with Crippen LogP contribution in [0.3, 0.4) is 0 Å². The lowest BCUT2D eigenvalue weighted by molar-refractivity contribution is 0.0586. The standard InChI is InChI=1S/C22H30N2O5S/c1-7-29-12-9-11-24(21(26)17-10-8-13-30-17)16(4)20(25)18-14(2)19(22(27)28-6)23(5)15(18)3/h8,10,13,16H,7,9,11-12H2,1-6H3/t16-/m0/s1. The molecular formula is C22H30N2O5S. The average Bonchev–Trinajstić information content (AvgIpc) is 3.34. The number of thiophene rings is 1. The Morgan fingerprint density at radius 1 is 1.27 bits per heavy atom. The molecule has 2 aromatic heterocycles. The van der Waals surface area contributed by atoms with Crippen LogP contribution in [-0.4, -0.2) is 60.0 Å². The van der Waals surface area contributed by atoms with Crippen molar-refractivity contribution in [1.82, 2.24) is 9.47 Å². The number of methoxy groups -OCH3 is 1. The van der Waals surface area contributed by atoms with Gasteiger partial charge < -0.3 is 18.9 Å². The molecule has 0 N–H and O–H groups in total. The van der Waals surface area contributed by atoms with Crippen molar-refractivity contribution in [3.05, 3.63) is 44.9 Å². The molecule has 0 bridgehead atoms. The normalized spacial score (nSPS) is 11.9. The van der Waals surface area contributed by atoms with Crippen LogP contribution in [0.25, 0.3) is 0 Å². The Kier molecular flexibility index (Phi) is 8.37. The third kappa shape index (κ3) is 4.82. The van der Waals surface area contributed by atoms with E-state index in [1.807, 2.05) is 18.4 Å². The minimum atomic E-state index is -0.688. The number of hydrogen-bond acceptors (Lipinski definition) is 6. The Labute approximate surface area is 181 Å². The van der Waals surface area contributed by atoms with Crippen LogP contribution >= 0.6 is 11.3 Å². The van der Waals surface area contributed by atoms with Gasteiger partial charge in [-0.25, -0.2) is 4.79 Å². The van der Waals surface area contributed by atoms with E-state index in [-0.39, 0.29) is 11.7 Å². The molecule has 0 fully saturated rings. The van der Waals surface area contributed by atoms with Crippen molar-refractivity contribution in [1.29, 1.82) is 0 Å². The number of carbonyl (C=O) groups is 3. The number of hydrogen-bond donors (Lipinski definition) is 0. The van der Waals surface area contributed by atoms with Gasteiger partial charge in [0.2, 0.25) is 0 Å². The first kappa shape index (κ1) is 23.8. The molecule has 0 radical (unpaired) electrons. The van der Waals surface area contributed by atoms with E-state index in [0.717, 1.165) is 0 Å². The molecule has 0 spiro atoms. The predicted molar refractivity (Wildman–Crippen MR) is 116 cm³/mol. The fourth-order valence-corrected chi connectivity index (χ4v) is 4.25. The summed E-state index contributed by atoms with van der Waals surface area (Å²) in [4.78, 5) is 40.9. The largest absolute Gasteiger partial charge is 0.464 e. The molecule has 30 heavy (non-hydrogen) atoms. The lowest BCUT2D eigenvalue weighted by atomic mass is 9.99. The molecule has 2 rings (SSSR count). The number of rotatable bonds is 10. The van der Waals surface area contributed by atoms with Crippen LogP contribution in [0.4, 0.5) is 0 Å². The van der Waals surface area contributed by atoms with Gasteiger partial charge in [-0.1, -0.05) is 6.07 Å². The number of aromatic nitrogens is 1. The highest BCUT2D eigenvalue weighted by atomic mass is 32.1. The summed E-state index contributed by atoms with van der Waals surface area (Å²) in [5.41, 5.74) is 2.04. The highest BCUT2D eigenvalue weighted by Gasteiger charge is 2.32. The number of esters is 1. The molecule has 0 aliphatic carbocycles. The van der Waals surface area contributed by atoms with Crippen molar-refractivity contribution in [2.45, 2.75) is 40.2 Å². The van der Waals surface area contributed by atoms with Crippen LogP contribution in [0, 0.1) is 13.8 Å². The maximum atomic E-state index is 13.5. The highest BCUT2D eigenvalue weighted by molar-refractivity contribution is 7.12. The molecule has 0 saturated heterocycles. The Morgan fingerprint density at radius 3 is 2.53 bits per heavy atom. The van der Waals surface area contributed by atoms with Crippen molar-refractivity contribution in [3.8, 4) is 0 Å². The van der Waals surface area contributed by atoms with Gasteiger partial charge in [0, 0.05) is 38.1 Å². The van der Waals surface area contributed by atoms with E-state index in [1.165, 1.54) is 18.4 Å². The van der Waals surface area contributed by atoms with Crippen molar-refractivity contribution >= 4 is 29.0 Å². The number of ether oxygens (including phenoxy) is 2. The smallest absolute Gasteiger partial charge is 0.354 e. The first-order valence-corrected chi connectivity index (χ1v) is 10.8. The second kappa shape index (κ2) is 10.5. The molecular weight excluding hydrogens is 404 g/mol. The third-order valence-corrected chi connectivity index (χ3v) is 6.15. The van der Waals surface area contributed by atoms with E-state index in [2.05, 4.69) is 0 Å².